The van der Waals surface area contributed by atoms with Crippen molar-refractivity contribution in [2.75, 3.05) is 0 Å². The van der Waals surface area contributed by atoms with Crippen LogP contribution in [0.2, 0.25) is 0 Å². The van der Waals surface area contributed by atoms with Gasteiger partial charge in [0.05, 0.1) is 23.9 Å². The quantitative estimate of drug-likeness (QED) is 0.786. The van der Waals surface area contributed by atoms with E-state index in [4.69, 9.17) is 5.11 Å². The van der Waals surface area contributed by atoms with E-state index in [0.29, 0.717) is 11.4 Å². The number of aromatic nitrogens is 2. The van der Waals surface area contributed by atoms with Crippen LogP contribution in [0.3, 0.4) is 0 Å². The van der Waals surface area contributed by atoms with Crippen LogP contribution in [0.25, 0.3) is 11.0 Å². The van der Waals surface area contributed by atoms with Crippen molar-refractivity contribution in [1.82, 2.24) is 9.55 Å². The van der Waals surface area contributed by atoms with E-state index in [2.05, 4.69) is 4.98 Å². The highest BCUT2D eigenvalue weighted by molar-refractivity contribution is 7.13. The van der Waals surface area contributed by atoms with Gasteiger partial charge in [-0.05, 0) is 24.3 Å². The first-order valence-corrected chi connectivity index (χ1v) is 6.27. The van der Waals surface area contributed by atoms with Gasteiger partial charge >= 0.3 is 5.97 Å². The van der Waals surface area contributed by atoms with Gasteiger partial charge in [-0.15, -0.1) is 11.3 Å². The van der Waals surface area contributed by atoms with E-state index in [1.165, 1.54) is 11.3 Å². The molecule has 0 atom stereocenters. The van der Waals surface area contributed by atoms with Crippen molar-refractivity contribution < 1.29 is 9.90 Å². The molecule has 0 bridgehead atoms. The Morgan fingerprint density at radius 1 is 1.28 bits per heavy atom. The van der Waals surface area contributed by atoms with Crippen LogP contribution in [0.5, 0.6) is 0 Å². The largest absolute Gasteiger partial charge is 0.477 e. The highest BCUT2D eigenvalue weighted by atomic mass is 32.1. The van der Waals surface area contributed by atoms with Crippen molar-refractivity contribution in [2.24, 2.45) is 0 Å². The fraction of sp³-hybridized carbons (Fsp3) is 0.0769. The maximum absolute atomic E-state index is 10.8. The van der Waals surface area contributed by atoms with Gasteiger partial charge in [0.2, 0.25) is 0 Å². The van der Waals surface area contributed by atoms with Gasteiger partial charge < -0.3 is 9.67 Å². The van der Waals surface area contributed by atoms with E-state index < -0.39 is 5.97 Å². The average Bonchev–Trinajstić information content (AvgIpc) is 2.98. The summed E-state index contributed by atoms with van der Waals surface area (Å²) < 4.78 is 2.02. The Bertz CT molecular complexity index is 714. The number of carboxylic acid groups (broad SMARTS) is 1. The number of nitrogens with zero attached hydrogens (tertiary/aromatic N) is 2. The second kappa shape index (κ2) is 4.27. The summed E-state index contributed by atoms with van der Waals surface area (Å²) in [6.45, 7) is 0.651. The summed E-state index contributed by atoms with van der Waals surface area (Å²) >= 11 is 1.30. The van der Waals surface area contributed by atoms with E-state index >= 15 is 0 Å². The topological polar surface area (TPSA) is 55.1 Å². The van der Waals surface area contributed by atoms with Crippen molar-refractivity contribution >= 4 is 28.3 Å². The molecule has 5 heteroatoms. The molecule has 90 valence electrons. The molecule has 0 saturated heterocycles. The summed E-state index contributed by atoms with van der Waals surface area (Å²) in [5.74, 6) is -0.873. The molecule has 3 aromatic rings. The van der Waals surface area contributed by atoms with Crippen LogP contribution in [0, 0.1) is 0 Å². The lowest BCUT2D eigenvalue weighted by molar-refractivity contribution is 0.0702. The number of hydrogen-bond acceptors (Lipinski definition) is 3. The van der Waals surface area contributed by atoms with E-state index in [9.17, 15) is 4.79 Å². The van der Waals surface area contributed by atoms with Crippen molar-refractivity contribution in [1.29, 1.82) is 0 Å². The second-order valence-corrected chi connectivity index (χ2v) is 5.10. The number of imidazole rings is 1. The lowest BCUT2D eigenvalue weighted by atomic mass is 10.3. The van der Waals surface area contributed by atoms with Crippen LogP contribution >= 0.6 is 11.3 Å². The molecule has 0 saturated carbocycles. The maximum Gasteiger partial charge on any atom is 0.345 e. The van der Waals surface area contributed by atoms with Gasteiger partial charge in [0.1, 0.15) is 4.88 Å². The lowest BCUT2D eigenvalue weighted by Gasteiger charge is -2.01. The molecule has 3 rings (SSSR count). The molecule has 18 heavy (non-hydrogen) atoms. The second-order valence-electron chi connectivity index (χ2n) is 3.93. The minimum absolute atomic E-state index is 0.370. The number of benzene rings is 1. The molecule has 1 aromatic carbocycles. The first kappa shape index (κ1) is 11.0. The molecule has 0 spiro atoms. The van der Waals surface area contributed by atoms with Crippen LogP contribution < -0.4 is 0 Å². The van der Waals surface area contributed by atoms with E-state index in [-0.39, 0.29) is 0 Å². The van der Waals surface area contributed by atoms with Gasteiger partial charge in [0.15, 0.2) is 0 Å². The Morgan fingerprint density at radius 2 is 2.11 bits per heavy atom. The summed E-state index contributed by atoms with van der Waals surface area (Å²) in [6, 6.07) is 11.4. The minimum atomic E-state index is -0.873. The summed E-state index contributed by atoms with van der Waals surface area (Å²) in [6.07, 6.45) is 1.78. The Morgan fingerprint density at radius 3 is 2.89 bits per heavy atom. The van der Waals surface area contributed by atoms with Crippen molar-refractivity contribution in [3.05, 3.63) is 52.5 Å². The number of hydrogen-bond donors (Lipinski definition) is 1. The third-order valence-electron chi connectivity index (χ3n) is 2.73. The normalized spacial score (nSPS) is 10.9. The van der Waals surface area contributed by atoms with Crippen LogP contribution in [0.15, 0.2) is 42.7 Å². The van der Waals surface area contributed by atoms with Gasteiger partial charge in [-0.25, -0.2) is 9.78 Å². The SMILES string of the molecule is O=C(O)c1ccc(Cn2cnc3ccccc32)s1. The molecule has 0 aliphatic rings. The zero-order valence-corrected chi connectivity index (χ0v) is 10.2. The van der Waals surface area contributed by atoms with Crippen LogP contribution in [0.4, 0.5) is 0 Å². The number of para-hydroxylation sites is 2. The molecule has 4 nitrogen and oxygen atoms in total. The van der Waals surface area contributed by atoms with Crippen LogP contribution in [-0.2, 0) is 6.54 Å². The Hall–Kier alpha value is -2.14. The molecule has 2 aromatic heterocycles. The third-order valence-corrected chi connectivity index (χ3v) is 3.78. The predicted molar refractivity (Wildman–Crippen MR) is 70.1 cm³/mol. The predicted octanol–water partition coefficient (Wildman–Crippen LogP) is 2.84. The summed E-state index contributed by atoms with van der Waals surface area (Å²) in [5, 5.41) is 8.89. The maximum atomic E-state index is 10.8. The fourth-order valence-corrected chi connectivity index (χ4v) is 2.73. The molecule has 0 unspecified atom stereocenters. The highest BCUT2D eigenvalue weighted by Gasteiger charge is 2.08. The Kier molecular flexibility index (Phi) is 2.60. The molecule has 2 heterocycles. The lowest BCUT2D eigenvalue weighted by Crippen LogP contribution is -1.95. The zero-order valence-electron chi connectivity index (χ0n) is 9.41. The summed E-state index contributed by atoms with van der Waals surface area (Å²) in [5.41, 5.74) is 2.01. The van der Waals surface area contributed by atoms with Gasteiger partial charge in [0, 0.05) is 4.88 Å². The standard InChI is InChI=1S/C13H10N2O2S/c16-13(17)12-6-5-9(18-12)7-15-8-14-10-3-1-2-4-11(10)15/h1-6,8H,7H2,(H,16,17). The average molecular weight is 258 g/mol. The fourth-order valence-electron chi connectivity index (χ4n) is 1.88. The number of carbonyl (C=O) groups is 1. The van der Waals surface area contributed by atoms with E-state index in [1.807, 2.05) is 34.9 Å². The summed E-state index contributed by atoms with van der Waals surface area (Å²) in [7, 11) is 0. The highest BCUT2D eigenvalue weighted by Crippen LogP contribution is 2.20. The molecular formula is C13H10N2O2S. The van der Waals surface area contributed by atoms with Gasteiger partial charge in [-0.2, -0.15) is 0 Å². The summed E-state index contributed by atoms with van der Waals surface area (Å²) in [4.78, 5) is 16.5. The van der Waals surface area contributed by atoms with Gasteiger partial charge in [-0.1, -0.05) is 12.1 Å². The van der Waals surface area contributed by atoms with Gasteiger partial charge in [0.25, 0.3) is 0 Å². The monoisotopic (exact) mass is 258 g/mol. The molecule has 0 aliphatic heterocycles. The molecule has 0 fully saturated rings. The molecular weight excluding hydrogens is 248 g/mol. The van der Waals surface area contributed by atoms with E-state index in [0.717, 1.165) is 15.9 Å². The molecule has 0 radical (unpaired) electrons. The van der Waals surface area contributed by atoms with Crippen molar-refractivity contribution in [3.8, 4) is 0 Å². The number of carboxylic acids is 1. The Balaban J connectivity index is 1.93. The van der Waals surface area contributed by atoms with Gasteiger partial charge in [-0.3, -0.25) is 0 Å². The van der Waals surface area contributed by atoms with Crippen LogP contribution in [0.1, 0.15) is 14.5 Å². The number of thiophene rings is 1. The first-order valence-electron chi connectivity index (χ1n) is 5.46. The first-order chi connectivity index (χ1) is 8.74. The van der Waals surface area contributed by atoms with Crippen molar-refractivity contribution in [3.63, 3.8) is 0 Å². The number of rotatable bonds is 3. The zero-order chi connectivity index (χ0) is 12.5. The molecule has 0 amide bonds. The number of aromatic carboxylic acids is 1. The van der Waals surface area contributed by atoms with E-state index in [1.54, 1.807) is 12.4 Å². The van der Waals surface area contributed by atoms with Crippen molar-refractivity contribution in [2.45, 2.75) is 6.54 Å². The molecule has 1 N–H and O–H groups in total. The Labute approximate surface area is 107 Å². The third kappa shape index (κ3) is 1.89. The smallest absolute Gasteiger partial charge is 0.345 e. The minimum Gasteiger partial charge on any atom is -0.477 e. The molecule has 0 aliphatic carbocycles. The van der Waals surface area contributed by atoms with Crippen LogP contribution in [-0.4, -0.2) is 20.6 Å². The number of fused-ring (bicyclic) bond motifs is 1.